The molecule has 2 amide bonds. The number of ketones is 2. The fourth-order valence-electron chi connectivity index (χ4n) is 3.31. The second-order valence-corrected chi connectivity index (χ2v) is 7.39. The summed E-state index contributed by atoms with van der Waals surface area (Å²) >= 11 is 0. The van der Waals surface area contributed by atoms with Crippen LogP contribution in [0.5, 0.6) is 0 Å². The van der Waals surface area contributed by atoms with Gasteiger partial charge in [0, 0.05) is 34.5 Å². The van der Waals surface area contributed by atoms with Crippen LogP contribution < -0.4 is 10.6 Å². The van der Waals surface area contributed by atoms with Gasteiger partial charge in [-0.05, 0) is 38.6 Å². The maximum Gasteiger partial charge on any atom is 0.241 e. The summed E-state index contributed by atoms with van der Waals surface area (Å²) in [5, 5.41) is 5.55. The summed E-state index contributed by atoms with van der Waals surface area (Å²) in [6, 6.07) is 10.9. The van der Waals surface area contributed by atoms with Crippen LogP contribution in [0.4, 0.5) is 5.69 Å². The summed E-state index contributed by atoms with van der Waals surface area (Å²) in [6.07, 6.45) is 0.843. The third kappa shape index (κ3) is 4.31. The largest absolute Gasteiger partial charge is 0.355 e. The molecule has 30 heavy (non-hydrogen) atoms. The molecule has 2 aromatic carbocycles. The minimum Gasteiger partial charge on any atom is -0.355 e. The number of amides is 2. The lowest BCUT2D eigenvalue weighted by molar-refractivity contribution is -0.124. The molecular formula is C23H25N3O4. The van der Waals surface area contributed by atoms with E-state index in [2.05, 4.69) is 10.6 Å². The van der Waals surface area contributed by atoms with Crippen molar-refractivity contribution < 1.29 is 19.2 Å². The summed E-state index contributed by atoms with van der Waals surface area (Å²) in [7, 11) is 1.70. The molecule has 0 unspecified atom stereocenters. The Bertz CT molecular complexity index is 1020. The normalized spacial score (nSPS) is 13.5. The third-order valence-corrected chi connectivity index (χ3v) is 5.20. The average molecular weight is 407 g/mol. The van der Waals surface area contributed by atoms with E-state index >= 15 is 0 Å². The van der Waals surface area contributed by atoms with E-state index in [9.17, 15) is 19.2 Å². The van der Waals surface area contributed by atoms with Crippen LogP contribution in [0, 0.1) is 0 Å². The summed E-state index contributed by atoms with van der Waals surface area (Å²) < 4.78 is 0. The van der Waals surface area contributed by atoms with Gasteiger partial charge in [0.05, 0.1) is 12.6 Å². The molecule has 0 aliphatic heterocycles. The van der Waals surface area contributed by atoms with Crippen molar-refractivity contribution in [1.29, 1.82) is 0 Å². The molecule has 1 aliphatic carbocycles. The van der Waals surface area contributed by atoms with Crippen LogP contribution in [0.3, 0.4) is 0 Å². The van der Waals surface area contributed by atoms with Crippen molar-refractivity contribution in [3.8, 4) is 0 Å². The Morgan fingerprint density at radius 1 is 0.967 bits per heavy atom. The van der Waals surface area contributed by atoms with E-state index in [4.69, 9.17) is 0 Å². The number of hydrogen-bond acceptors (Lipinski definition) is 5. The zero-order chi connectivity index (χ0) is 21.8. The Hall–Kier alpha value is -3.32. The zero-order valence-electron chi connectivity index (χ0n) is 17.3. The van der Waals surface area contributed by atoms with Gasteiger partial charge in [0.1, 0.15) is 0 Å². The standard InChI is InChI=1S/C23H25N3O4/c1-4-11-24-20(27)13-26(3)14(2)23(30)25-15-9-10-18-19(12-15)22(29)17-8-6-5-7-16(17)21(18)28/h5-10,12,14H,4,11,13H2,1-3H3,(H,24,27)(H,25,30)/t14-/m0/s1. The second-order valence-electron chi connectivity index (χ2n) is 7.39. The molecule has 0 aromatic heterocycles. The van der Waals surface area contributed by atoms with Crippen molar-refractivity contribution in [1.82, 2.24) is 10.2 Å². The fourth-order valence-corrected chi connectivity index (χ4v) is 3.31. The SMILES string of the molecule is CCCNC(=O)CN(C)[C@@H](C)C(=O)Nc1ccc2c(c1)C(=O)c1ccccc1C2=O. The molecule has 0 saturated heterocycles. The van der Waals surface area contributed by atoms with Crippen LogP contribution in [-0.4, -0.2) is 54.5 Å². The molecule has 0 saturated carbocycles. The number of hydrogen-bond donors (Lipinski definition) is 2. The van der Waals surface area contributed by atoms with Gasteiger partial charge in [-0.25, -0.2) is 0 Å². The minimum absolute atomic E-state index is 0.0997. The van der Waals surface area contributed by atoms with Gasteiger partial charge in [0.15, 0.2) is 11.6 Å². The predicted molar refractivity (Wildman–Crippen MR) is 114 cm³/mol. The number of carbonyl (C=O) groups is 4. The number of nitrogens with one attached hydrogen (secondary N) is 2. The highest BCUT2D eigenvalue weighted by Gasteiger charge is 2.29. The van der Waals surface area contributed by atoms with Crippen molar-refractivity contribution in [3.63, 3.8) is 0 Å². The van der Waals surface area contributed by atoms with Crippen LogP contribution in [0.25, 0.3) is 0 Å². The van der Waals surface area contributed by atoms with Gasteiger partial charge >= 0.3 is 0 Å². The molecule has 0 spiro atoms. The van der Waals surface area contributed by atoms with Gasteiger partial charge in [-0.3, -0.25) is 24.1 Å². The topological polar surface area (TPSA) is 95.6 Å². The molecule has 1 aliphatic rings. The molecule has 0 bridgehead atoms. The first-order chi connectivity index (χ1) is 14.3. The van der Waals surface area contributed by atoms with Gasteiger partial charge in [-0.2, -0.15) is 0 Å². The Balaban J connectivity index is 1.72. The van der Waals surface area contributed by atoms with Crippen molar-refractivity contribution in [2.45, 2.75) is 26.3 Å². The molecule has 7 nitrogen and oxygen atoms in total. The van der Waals surface area contributed by atoms with Gasteiger partial charge in [-0.15, -0.1) is 0 Å². The van der Waals surface area contributed by atoms with E-state index in [0.29, 0.717) is 28.9 Å². The first kappa shape index (κ1) is 21.4. The number of carbonyl (C=O) groups excluding carboxylic acids is 4. The minimum atomic E-state index is -0.563. The summed E-state index contributed by atoms with van der Waals surface area (Å²) in [5.74, 6) is -0.899. The highest BCUT2D eigenvalue weighted by Crippen LogP contribution is 2.29. The maximum atomic E-state index is 12.8. The molecule has 0 fully saturated rings. The second kappa shape index (κ2) is 9.00. The number of rotatable bonds is 7. The number of benzene rings is 2. The highest BCUT2D eigenvalue weighted by molar-refractivity contribution is 6.28. The third-order valence-electron chi connectivity index (χ3n) is 5.20. The lowest BCUT2D eigenvalue weighted by Crippen LogP contribution is -2.44. The lowest BCUT2D eigenvalue weighted by atomic mass is 9.84. The first-order valence-electron chi connectivity index (χ1n) is 9.93. The Labute approximate surface area is 175 Å². The molecule has 0 radical (unpaired) electrons. The molecule has 7 heteroatoms. The van der Waals surface area contributed by atoms with E-state index in [-0.39, 0.29) is 35.5 Å². The van der Waals surface area contributed by atoms with E-state index in [1.54, 1.807) is 55.3 Å². The fraction of sp³-hybridized carbons (Fsp3) is 0.304. The Morgan fingerprint density at radius 2 is 1.57 bits per heavy atom. The van der Waals surface area contributed by atoms with Gasteiger partial charge in [0.2, 0.25) is 11.8 Å². The average Bonchev–Trinajstić information content (AvgIpc) is 2.75. The van der Waals surface area contributed by atoms with Crippen LogP contribution in [0.15, 0.2) is 42.5 Å². The van der Waals surface area contributed by atoms with Crippen molar-refractivity contribution in [2.75, 3.05) is 25.5 Å². The van der Waals surface area contributed by atoms with Crippen LogP contribution in [0.2, 0.25) is 0 Å². The van der Waals surface area contributed by atoms with Gasteiger partial charge < -0.3 is 10.6 Å². The lowest BCUT2D eigenvalue weighted by Gasteiger charge is -2.24. The zero-order valence-corrected chi connectivity index (χ0v) is 17.3. The number of fused-ring (bicyclic) bond motifs is 2. The van der Waals surface area contributed by atoms with E-state index in [0.717, 1.165) is 6.42 Å². The van der Waals surface area contributed by atoms with Crippen molar-refractivity contribution in [2.24, 2.45) is 0 Å². The maximum absolute atomic E-state index is 12.8. The van der Waals surface area contributed by atoms with Gasteiger partial charge in [-0.1, -0.05) is 31.2 Å². The van der Waals surface area contributed by atoms with Crippen molar-refractivity contribution >= 4 is 29.1 Å². The molecule has 1 atom stereocenters. The first-order valence-corrected chi connectivity index (χ1v) is 9.93. The molecule has 156 valence electrons. The van der Waals surface area contributed by atoms with E-state index < -0.39 is 6.04 Å². The Morgan fingerprint density at radius 3 is 2.20 bits per heavy atom. The molecule has 2 N–H and O–H groups in total. The van der Waals surface area contributed by atoms with Crippen molar-refractivity contribution in [3.05, 3.63) is 64.7 Å². The molecule has 0 heterocycles. The molecular weight excluding hydrogens is 382 g/mol. The quantitative estimate of drug-likeness (QED) is 0.626. The van der Waals surface area contributed by atoms with E-state index in [1.165, 1.54) is 6.07 Å². The highest BCUT2D eigenvalue weighted by atomic mass is 16.2. The number of nitrogens with zero attached hydrogens (tertiary/aromatic N) is 1. The summed E-state index contributed by atoms with van der Waals surface area (Å²) in [5.41, 5.74) is 1.79. The van der Waals surface area contributed by atoms with Crippen LogP contribution >= 0.6 is 0 Å². The predicted octanol–water partition coefficient (Wildman–Crippen LogP) is 2.25. The van der Waals surface area contributed by atoms with Crippen LogP contribution in [0.1, 0.15) is 52.1 Å². The summed E-state index contributed by atoms with van der Waals surface area (Å²) in [6.45, 7) is 4.36. The smallest absolute Gasteiger partial charge is 0.241 e. The number of anilines is 1. The number of likely N-dealkylation sites (N-methyl/N-ethyl adjacent to an activating group) is 1. The molecule has 3 rings (SSSR count). The summed E-state index contributed by atoms with van der Waals surface area (Å²) in [4.78, 5) is 51.6. The van der Waals surface area contributed by atoms with E-state index in [1.807, 2.05) is 6.92 Å². The molecule has 2 aromatic rings. The monoisotopic (exact) mass is 407 g/mol. The van der Waals surface area contributed by atoms with Gasteiger partial charge in [0.25, 0.3) is 0 Å². The Kier molecular flexibility index (Phi) is 6.42. The van der Waals surface area contributed by atoms with Crippen LogP contribution in [-0.2, 0) is 9.59 Å².